The molecule has 25 heavy (non-hydrogen) atoms. The van der Waals surface area contributed by atoms with Crippen molar-refractivity contribution in [3.05, 3.63) is 22.6 Å². The summed E-state index contributed by atoms with van der Waals surface area (Å²) in [5.74, 6) is 1.31. The Hall–Kier alpha value is -2.10. The third-order valence-electron chi connectivity index (χ3n) is 4.49. The summed E-state index contributed by atoms with van der Waals surface area (Å²) in [5.41, 5.74) is -0.0983. The van der Waals surface area contributed by atoms with Crippen molar-refractivity contribution in [3.63, 3.8) is 0 Å². The van der Waals surface area contributed by atoms with E-state index in [1.165, 1.54) is 16.4 Å². The third-order valence-corrected chi connectivity index (χ3v) is 5.51. The van der Waals surface area contributed by atoms with Crippen molar-refractivity contribution < 1.29 is 4.79 Å². The molecule has 0 aliphatic carbocycles. The van der Waals surface area contributed by atoms with Crippen LogP contribution in [0, 0.1) is 0 Å². The number of hydrogen-bond acceptors (Lipinski definition) is 6. The second kappa shape index (κ2) is 7.42. The van der Waals surface area contributed by atoms with Crippen molar-refractivity contribution in [3.8, 4) is 0 Å². The molecule has 1 atom stereocenters. The summed E-state index contributed by atoms with van der Waals surface area (Å²) in [5, 5.41) is 12.9. The molecule has 0 spiro atoms. The molecule has 1 saturated heterocycles. The fourth-order valence-corrected chi connectivity index (χ4v) is 3.95. The molecule has 0 bridgehead atoms. The van der Waals surface area contributed by atoms with Gasteiger partial charge < -0.3 is 9.47 Å². The lowest BCUT2D eigenvalue weighted by molar-refractivity contribution is -0.129. The van der Waals surface area contributed by atoms with Crippen molar-refractivity contribution in [1.82, 2.24) is 34.0 Å². The molecule has 136 valence electrons. The summed E-state index contributed by atoms with van der Waals surface area (Å²) in [7, 11) is 3.52. The van der Waals surface area contributed by atoms with Crippen LogP contribution in [0.5, 0.6) is 0 Å². The van der Waals surface area contributed by atoms with Crippen LogP contribution in [0.15, 0.2) is 16.3 Å². The van der Waals surface area contributed by atoms with E-state index in [0.29, 0.717) is 18.8 Å². The number of carbonyl (C=O) groups is 1. The fourth-order valence-electron chi connectivity index (χ4n) is 3.16. The van der Waals surface area contributed by atoms with E-state index >= 15 is 0 Å². The van der Waals surface area contributed by atoms with Gasteiger partial charge in [-0.15, -0.1) is 10.2 Å². The number of thioether (sulfide) groups is 1. The molecule has 2 aromatic rings. The largest absolute Gasteiger partial charge is 0.345 e. The molecular formula is C15H23N7O2S. The van der Waals surface area contributed by atoms with E-state index in [1.54, 1.807) is 22.5 Å². The van der Waals surface area contributed by atoms with Crippen molar-refractivity contribution in [2.45, 2.75) is 37.4 Å². The Morgan fingerprint density at radius 1 is 1.40 bits per heavy atom. The number of carbonyl (C=O) groups excluding carboxylic acids is 1. The van der Waals surface area contributed by atoms with E-state index in [1.807, 2.05) is 18.9 Å². The predicted octanol–water partition coefficient (Wildman–Crippen LogP) is 0.229. The van der Waals surface area contributed by atoms with E-state index in [4.69, 9.17) is 0 Å². The van der Waals surface area contributed by atoms with Gasteiger partial charge >= 0.3 is 5.69 Å². The highest BCUT2D eigenvalue weighted by molar-refractivity contribution is 7.99. The Kier molecular flexibility index (Phi) is 5.26. The molecule has 10 heteroatoms. The zero-order valence-corrected chi connectivity index (χ0v) is 15.6. The van der Waals surface area contributed by atoms with Crippen LogP contribution in [0.2, 0.25) is 0 Å². The fraction of sp³-hybridized carbons (Fsp3) is 0.667. The molecule has 0 radical (unpaired) electrons. The first-order valence-corrected chi connectivity index (χ1v) is 9.38. The van der Waals surface area contributed by atoms with Crippen LogP contribution in [0.25, 0.3) is 0 Å². The van der Waals surface area contributed by atoms with Crippen LogP contribution in [-0.4, -0.2) is 58.8 Å². The number of nitrogens with zero attached hydrogens (tertiary/aromatic N) is 7. The van der Waals surface area contributed by atoms with Gasteiger partial charge in [-0.1, -0.05) is 11.8 Å². The highest BCUT2D eigenvalue weighted by Gasteiger charge is 2.29. The van der Waals surface area contributed by atoms with Crippen molar-refractivity contribution in [2.24, 2.45) is 14.1 Å². The molecule has 9 nitrogen and oxygen atoms in total. The van der Waals surface area contributed by atoms with E-state index in [-0.39, 0.29) is 17.5 Å². The lowest BCUT2D eigenvalue weighted by atomic mass is 9.97. The van der Waals surface area contributed by atoms with Crippen molar-refractivity contribution >= 4 is 17.7 Å². The average Bonchev–Trinajstić information content (AvgIpc) is 3.16. The highest BCUT2D eigenvalue weighted by Crippen LogP contribution is 2.26. The average molecular weight is 365 g/mol. The lowest BCUT2D eigenvalue weighted by Crippen LogP contribution is -2.41. The molecular weight excluding hydrogens is 342 g/mol. The first kappa shape index (κ1) is 17.7. The summed E-state index contributed by atoms with van der Waals surface area (Å²) < 4.78 is 4.88. The normalized spacial score (nSPS) is 17.9. The minimum Gasteiger partial charge on any atom is -0.341 e. The maximum atomic E-state index is 12.6. The van der Waals surface area contributed by atoms with E-state index in [0.717, 1.165) is 30.4 Å². The van der Waals surface area contributed by atoms with E-state index < -0.39 is 0 Å². The summed E-state index contributed by atoms with van der Waals surface area (Å²) >= 11 is 1.39. The SMILES string of the molecule is CCn1c([C@H]2CCCN(C(=O)CSc3nncn3C)C2)nn(C)c1=O. The molecule has 3 heterocycles. The number of aryl methyl sites for hydroxylation is 2. The number of aromatic nitrogens is 6. The maximum Gasteiger partial charge on any atom is 0.345 e. The second-order valence-electron chi connectivity index (χ2n) is 6.20. The molecule has 1 fully saturated rings. The van der Waals surface area contributed by atoms with Gasteiger partial charge in [-0.05, 0) is 19.8 Å². The molecule has 3 rings (SSSR count). The van der Waals surface area contributed by atoms with Gasteiger partial charge in [-0.2, -0.15) is 5.10 Å². The Bertz CT molecular complexity index is 809. The lowest BCUT2D eigenvalue weighted by Gasteiger charge is -2.32. The maximum absolute atomic E-state index is 12.6. The summed E-state index contributed by atoms with van der Waals surface area (Å²) in [6.45, 7) is 3.89. The number of rotatable bonds is 5. The Labute approximate surface area is 150 Å². The minimum atomic E-state index is -0.0983. The monoisotopic (exact) mass is 365 g/mol. The standard InChI is InChI=1S/C15H23N7O2S/c1-4-22-13(18-20(3)15(22)24)11-6-5-7-21(8-11)12(23)9-25-14-17-16-10-19(14)2/h10-11H,4-9H2,1-3H3/t11-/m0/s1. The second-order valence-corrected chi connectivity index (χ2v) is 7.14. The Morgan fingerprint density at radius 2 is 2.20 bits per heavy atom. The van der Waals surface area contributed by atoms with Crippen molar-refractivity contribution in [2.75, 3.05) is 18.8 Å². The Balaban J connectivity index is 1.67. The third kappa shape index (κ3) is 3.63. The highest BCUT2D eigenvalue weighted by atomic mass is 32.2. The van der Waals surface area contributed by atoms with Gasteiger partial charge in [0.15, 0.2) is 5.16 Å². The van der Waals surface area contributed by atoms with Gasteiger partial charge in [0.1, 0.15) is 12.2 Å². The van der Waals surface area contributed by atoms with Gasteiger partial charge in [0.05, 0.1) is 5.75 Å². The minimum absolute atomic E-state index is 0.0824. The van der Waals surface area contributed by atoms with Crippen LogP contribution in [0.4, 0.5) is 0 Å². The number of amides is 1. The van der Waals surface area contributed by atoms with Crippen LogP contribution < -0.4 is 5.69 Å². The molecule has 1 aliphatic rings. The van der Waals surface area contributed by atoms with Crippen LogP contribution in [-0.2, 0) is 25.4 Å². The summed E-state index contributed by atoms with van der Waals surface area (Å²) in [6.07, 6.45) is 3.48. The summed E-state index contributed by atoms with van der Waals surface area (Å²) in [6, 6.07) is 0. The van der Waals surface area contributed by atoms with Crippen molar-refractivity contribution in [1.29, 1.82) is 0 Å². The van der Waals surface area contributed by atoms with E-state index in [2.05, 4.69) is 15.3 Å². The molecule has 0 unspecified atom stereocenters. The van der Waals surface area contributed by atoms with Crippen LogP contribution >= 0.6 is 11.8 Å². The number of hydrogen-bond donors (Lipinski definition) is 0. The smallest absolute Gasteiger partial charge is 0.341 e. The molecule has 0 saturated carbocycles. The first-order chi connectivity index (χ1) is 12.0. The summed E-state index contributed by atoms with van der Waals surface area (Å²) in [4.78, 5) is 26.5. The van der Waals surface area contributed by atoms with Crippen LogP contribution in [0.1, 0.15) is 31.5 Å². The molecule has 1 aliphatic heterocycles. The molecule has 1 amide bonds. The first-order valence-electron chi connectivity index (χ1n) is 8.39. The molecule has 2 aromatic heterocycles. The van der Waals surface area contributed by atoms with E-state index in [9.17, 15) is 9.59 Å². The quantitative estimate of drug-likeness (QED) is 0.705. The molecule has 0 N–H and O–H groups in total. The van der Waals surface area contributed by atoms with Gasteiger partial charge in [-0.3, -0.25) is 9.36 Å². The van der Waals surface area contributed by atoms with Gasteiger partial charge in [0.2, 0.25) is 5.91 Å². The van der Waals surface area contributed by atoms with Gasteiger partial charge in [-0.25, -0.2) is 9.48 Å². The van der Waals surface area contributed by atoms with Gasteiger partial charge in [0, 0.05) is 39.6 Å². The zero-order chi connectivity index (χ0) is 18.0. The number of likely N-dealkylation sites (tertiary alicyclic amines) is 1. The Morgan fingerprint density at radius 3 is 2.88 bits per heavy atom. The van der Waals surface area contributed by atoms with Crippen LogP contribution in [0.3, 0.4) is 0 Å². The predicted molar refractivity (Wildman–Crippen MR) is 93.4 cm³/mol. The van der Waals surface area contributed by atoms with Gasteiger partial charge in [0.25, 0.3) is 0 Å². The molecule has 0 aromatic carbocycles. The number of piperidine rings is 1. The topological polar surface area (TPSA) is 90.8 Å². The zero-order valence-electron chi connectivity index (χ0n) is 14.8.